The molecule has 0 unspecified atom stereocenters. The smallest absolute Gasteiger partial charge is 0.272 e. The number of nitrogens with one attached hydrogen (secondary N) is 2. The van der Waals surface area contributed by atoms with Gasteiger partial charge in [-0.05, 0) is 24.3 Å². The van der Waals surface area contributed by atoms with Crippen LogP contribution in [-0.4, -0.2) is 55.5 Å². The molecule has 0 aliphatic carbocycles. The zero-order chi connectivity index (χ0) is 23.0. The Morgan fingerprint density at radius 3 is 2.88 bits per heavy atom. The monoisotopic (exact) mass is 486 g/mol. The number of amides is 1. The fourth-order valence-electron chi connectivity index (χ4n) is 3.81. The lowest BCUT2D eigenvalue weighted by atomic mass is 9.95. The molecule has 3 aromatic heterocycles. The molecule has 0 saturated carbocycles. The van der Waals surface area contributed by atoms with E-state index in [0.717, 1.165) is 41.2 Å². The largest absolute Gasteiger partial charge is 0.380 e. The highest BCUT2D eigenvalue weighted by atomic mass is 35.5. The third-order valence-corrected chi connectivity index (χ3v) is 6.97. The van der Waals surface area contributed by atoms with Crippen molar-refractivity contribution in [2.45, 2.75) is 18.6 Å². The maximum absolute atomic E-state index is 13.7. The van der Waals surface area contributed by atoms with Gasteiger partial charge in [0.15, 0.2) is 5.69 Å². The van der Waals surface area contributed by atoms with E-state index in [1.165, 1.54) is 18.3 Å². The summed E-state index contributed by atoms with van der Waals surface area (Å²) in [4.78, 5) is 30.6. The number of aromatic nitrogens is 4. The van der Waals surface area contributed by atoms with Crippen LogP contribution in [0.3, 0.4) is 0 Å². The molecule has 1 aromatic carbocycles. The number of thiazole rings is 1. The van der Waals surface area contributed by atoms with E-state index in [0.29, 0.717) is 18.1 Å². The van der Waals surface area contributed by atoms with Gasteiger partial charge in [0.1, 0.15) is 26.6 Å². The summed E-state index contributed by atoms with van der Waals surface area (Å²) in [6.07, 6.45) is 2.17. The lowest BCUT2D eigenvalue weighted by molar-refractivity contribution is -0.103. The van der Waals surface area contributed by atoms with E-state index in [-0.39, 0.29) is 22.3 Å². The first kappa shape index (κ1) is 21.9. The van der Waals surface area contributed by atoms with E-state index < -0.39 is 17.3 Å². The predicted octanol–water partition coefficient (Wildman–Crippen LogP) is 2.88. The molecule has 1 aliphatic heterocycles. The van der Waals surface area contributed by atoms with Crippen molar-refractivity contribution < 1.29 is 14.3 Å². The predicted molar refractivity (Wildman–Crippen MR) is 123 cm³/mol. The number of imidazole rings is 1. The maximum atomic E-state index is 13.7. The second kappa shape index (κ2) is 8.79. The number of aliphatic hydroxyl groups is 1. The molecule has 0 bridgehead atoms. The molecule has 170 valence electrons. The van der Waals surface area contributed by atoms with Crippen molar-refractivity contribution >= 4 is 39.9 Å². The Balaban J connectivity index is 1.17. The second-order valence-electron chi connectivity index (χ2n) is 7.95. The van der Waals surface area contributed by atoms with Crippen LogP contribution in [0.4, 0.5) is 4.39 Å². The topological polar surface area (TPSA) is 107 Å². The summed E-state index contributed by atoms with van der Waals surface area (Å²) < 4.78 is 13.9. The van der Waals surface area contributed by atoms with Gasteiger partial charge in [-0.25, -0.2) is 14.4 Å². The molecule has 1 saturated heterocycles. The Hall–Kier alpha value is -2.92. The number of benzene rings is 1. The van der Waals surface area contributed by atoms with Crippen LogP contribution >= 0.6 is 22.9 Å². The number of carbonyl (C=O) groups is 1. The zero-order valence-corrected chi connectivity index (χ0v) is 19.0. The first-order valence-corrected chi connectivity index (χ1v) is 11.5. The molecular weight excluding hydrogens is 467 g/mol. The van der Waals surface area contributed by atoms with Crippen LogP contribution in [0, 0.1) is 5.82 Å². The molecule has 5 rings (SSSR count). The fraction of sp³-hybridized carbons (Fsp3) is 0.273. The van der Waals surface area contributed by atoms with Crippen molar-refractivity contribution in [2.24, 2.45) is 0 Å². The lowest BCUT2D eigenvalue weighted by Gasteiger charge is -2.45. The minimum atomic E-state index is -1.16. The Morgan fingerprint density at radius 1 is 1.27 bits per heavy atom. The van der Waals surface area contributed by atoms with Crippen LogP contribution in [0.5, 0.6) is 0 Å². The minimum Gasteiger partial charge on any atom is -0.380 e. The average molecular weight is 487 g/mol. The molecule has 1 amide bonds. The van der Waals surface area contributed by atoms with Gasteiger partial charge in [0.25, 0.3) is 5.91 Å². The number of likely N-dealkylation sites (tertiary alicyclic amines) is 1. The summed E-state index contributed by atoms with van der Waals surface area (Å²) in [7, 11) is 0. The number of nitrogens with zero attached hydrogens (tertiary/aromatic N) is 4. The molecule has 1 aliphatic rings. The number of aromatic amines is 1. The van der Waals surface area contributed by atoms with Gasteiger partial charge in [0, 0.05) is 32.3 Å². The Morgan fingerprint density at radius 2 is 2.09 bits per heavy atom. The molecule has 1 fully saturated rings. The first-order chi connectivity index (χ1) is 15.9. The summed E-state index contributed by atoms with van der Waals surface area (Å²) in [5.41, 5.74) is 0.911. The van der Waals surface area contributed by atoms with Gasteiger partial charge in [0.2, 0.25) is 0 Å². The summed E-state index contributed by atoms with van der Waals surface area (Å²) in [5.74, 6) is -0.154. The Labute approximate surface area is 197 Å². The van der Waals surface area contributed by atoms with Crippen LogP contribution in [0.1, 0.15) is 27.0 Å². The normalized spacial score (nSPS) is 15.5. The Kier molecular flexibility index (Phi) is 5.83. The number of H-pyrrole nitrogens is 1. The van der Waals surface area contributed by atoms with E-state index in [1.807, 2.05) is 24.3 Å². The average Bonchev–Trinajstić information content (AvgIpc) is 3.38. The third kappa shape index (κ3) is 4.47. The quantitative estimate of drug-likeness (QED) is 0.371. The highest BCUT2D eigenvalue weighted by molar-refractivity contribution is 7.16. The summed E-state index contributed by atoms with van der Waals surface area (Å²) in [6.45, 7) is 1.41. The number of hydrogen-bond donors (Lipinski definition) is 3. The first-order valence-electron chi connectivity index (χ1n) is 10.3. The van der Waals surface area contributed by atoms with Crippen LogP contribution in [0.25, 0.3) is 11.0 Å². The molecule has 11 heteroatoms. The fourth-order valence-corrected chi connectivity index (χ4v) is 5.02. The van der Waals surface area contributed by atoms with Crippen molar-refractivity contribution in [3.63, 3.8) is 0 Å². The molecule has 8 nitrogen and oxygen atoms in total. The van der Waals surface area contributed by atoms with Crippen molar-refractivity contribution in [3.8, 4) is 0 Å². The zero-order valence-electron chi connectivity index (χ0n) is 17.4. The number of β-amino-alcohol motifs (C(OH)–C–C–N with tert-alkyl or cyclic N) is 1. The van der Waals surface area contributed by atoms with Gasteiger partial charge in [0.05, 0.1) is 23.3 Å². The standard InChI is InChI=1S/C22H20ClFN6O2S/c23-19-18(20(31)26-10-16-13(24)4-3-8-25-16)29-21(33-19)22(32)11-30(12-22)9-7-17-27-14-5-1-2-6-15(14)28-17/h1-6,8,32H,7,9-12H2,(H,26,31)(H,27,28). The van der Waals surface area contributed by atoms with E-state index in [1.54, 1.807) is 0 Å². The molecule has 0 spiro atoms. The van der Waals surface area contributed by atoms with Crippen molar-refractivity contribution in [1.29, 1.82) is 0 Å². The second-order valence-corrected chi connectivity index (χ2v) is 9.55. The number of para-hydroxylation sites is 2. The number of hydrogen-bond acceptors (Lipinski definition) is 7. The number of carbonyl (C=O) groups excluding carboxylic acids is 1. The molecule has 33 heavy (non-hydrogen) atoms. The SMILES string of the molecule is O=C(NCc1ncccc1F)c1nc(C2(O)CN(CCc3nc4ccccc4[nH]3)C2)sc1Cl. The highest BCUT2D eigenvalue weighted by Crippen LogP contribution is 2.37. The van der Waals surface area contributed by atoms with E-state index in [2.05, 4.69) is 30.2 Å². The minimum absolute atomic E-state index is 0.0159. The lowest BCUT2D eigenvalue weighted by Crippen LogP contribution is -2.59. The van der Waals surface area contributed by atoms with E-state index in [4.69, 9.17) is 11.6 Å². The van der Waals surface area contributed by atoms with Crippen LogP contribution < -0.4 is 5.32 Å². The summed E-state index contributed by atoms with van der Waals surface area (Å²) >= 11 is 7.30. The van der Waals surface area contributed by atoms with Crippen LogP contribution in [0.15, 0.2) is 42.6 Å². The summed E-state index contributed by atoms with van der Waals surface area (Å²) in [5, 5.41) is 13.9. The number of rotatable bonds is 7. The molecule has 4 aromatic rings. The summed E-state index contributed by atoms with van der Waals surface area (Å²) in [6, 6.07) is 10.6. The van der Waals surface area contributed by atoms with Gasteiger partial charge < -0.3 is 15.4 Å². The molecule has 3 N–H and O–H groups in total. The van der Waals surface area contributed by atoms with Gasteiger partial charge in [-0.3, -0.25) is 14.7 Å². The van der Waals surface area contributed by atoms with Gasteiger partial charge in [-0.1, -0.05) is 23.7 Å². The van der Waals surface area contributed by atoms with E-state index in [9.17, 15) is 14.3 Å². The van der Waals surface area contributed by atoms with Gasteiger partial charge >= 0.3 is 0 Å². The van der Waals surface area contributed by atoms with E-state index >= 15 is 0 Å². The van der Waals surface area contributed by atoms with Gasteiger partial charge in [-0.15, -0.1) is 11.3 Å². The van der Waals surface area contributed by atoms with Crippen LogP contribution in [0.2, 0.25) is 4.34 Å². The van der Waals surface area contributed by atoms with Crippen LogP contribution in [-0.2, 0) is 18.6 Å². The number of fused-ring (bicyclic) bond motifs is 1. The molecule has 4 heterocycles. The van der Waals surface area contributed by atoms with Crippen molar-refractivity contribution in [2.75, 3.05) is 19.6 Å². The Bertz CT molecular complexity index is 1290. The van der Waals surface area contributed by atoms with Crippen molar-refractivity contribution in [1.82, 2.24) is 30.2 Å². The van der Waals surface area contributed by atoms with Crippen molar-refractivity contribution in [3.05, 3.63) is 75.0 Å². The molecule has 0 atom stereocenters. The highest BCUT2D eigenvalue weighted by Gasteiger charge is 2.45. The third-order valence-electron chi connectivity index (χ3n) is 5.52. The molecule has 0 radical (unpaired) electrons. The number of halogens is 2. The van der Waals surface area contributed by atoms with Gasteiger partial charge in [-0.2, -0.15) is 0 Å². The maximum Gasteiger partial charge on any atom is 0.272 e. The number of pyridine rings is 1. The molecular formula is C22H20ClFN6O2S.